The van der Waals surface area contributed by atoms with Crippen LogP contribution in [0.25, 0.3) is 0 Å². The van der Waals surface area contributed by atoms with Crippen LogP contribution in [-0.4, -0.2) is 26.3 Å². The molecule has 0 aliphatic rings. The predicted octanol–water partition coefficient (Wildman–Crippen LogP) is 3.77. The van der Waals surface area contributed by atoms with Gasteiger partial charge in [-0.15, -0.1) is 0 Å². The highest BCUT2D eigenvalue weighted by Gasteiger charge is 1.97. The fourth-order valence-corrected chi connectivity index (χ4v) is 2.05. The maximum atomic E-state index is 5.77. The molecule has 1 aromatic carbocycles. The molecule has 0 fully saturated rings. The minimum Gasteiger partial charge on any atom is -0.494 e. The summed E-state index contributed by atoms with van der Waals surface area (Å²) in [6, 6.07) is 8.72. The highest BCUT2D eigenvalue weighted by Crippen LogP contribution is 2.14. The summed E-state index contributed by atoms with van der Waals surface area (Å²) in [5, 5.41) is 3.44. The first-order chi connectivity index (χ1) is 9.72. The summed E-state index contributed by atoms with van der Waals surface area (Å²) in [6.07, 6.45) is 4.88. The van der Waals surface area contributed by atoms with Gasteiger partial charge in [0.2, 0.25) is 0 Å². The third-order valence-electron chi connectivity index (χ3n) is 3.10. The molecule has 1 aromatic rings. The smallest absolute Gasteiger partial charge is 0.119 e. The van der Waals surface area contributed by atoms with Crippen LogP contribution in [0.15, 0.2) is 24.3 Å². The van der Waals surface area contributed by atoms with E-state index in [1.165, 1.54) is 19.3 Å². The molecule has 0 atom stereocenters. The fourth-order valence-electron chi connectivity index (χ4n) is 2.05. The molecule has 0 unspecified atom stereocenters. The Balaban J connectivity index is 2.05. The van der Waals surface area contributed by atoms with E-state index in [0.717, 1.165) is 30.9 Å². The quantitative estimate of drug-likeness (QED) is 0.625. The van der Waals surface area contributed by atoms with E-state index in [0.29, 0.717) is 12.6 Å². The molecule has 3 heteroatoms. The number of nitrogens with one attached hydrogen (secondary N) is 1. The summed E-state index contributed by atoms with van der Waals surface area (Å²) in [5.41, 5.74) is 1.16. The second-order valence-corrected chi connectivity index (χ2v) is 5.45. The minimum absolute atomic E-state index is 0.595. The van der Waals surface area contributed by atoms with Crippen LogP contribution < -0.4 is 10.1 Å². The maximum Gasteiger partial charge on any atom is 0.119 e. The molecule has 0 aromatic heterocycles. The zero-order chi connectivity index (χ0) is 14.6. The van der Waals surface area contributed by atoms with Crippen molar-refractivity contribution in [3.8, 4) is 5.75 Å². The third-order valence-corrected chi connectivity index (χ3v) is 3.10. The summed E-state index contributed by atoms with van der Waals surface area (Å²) in [6.45, 7) is 6.93. The molecule has 0 saturated carbocycles. The normalized spacial score (nSPS) is 11.0. The van der Waals surface area contributed by atoms with Crippen molar-refractivity contribution >= 4 is 0 Å². The van der Waals surface area contributed by atoms with E-state index in [-0.39, 0.29) is 0 Å². The van der Waals surface area contributed by atoms with Crippen LogP contribution in [0.5, 0.6) is 5.75 Å². The lowest BCUT2D eigenvalue weighted by atomic mass is 10.2. The average molecular weight is 279 g/mol. The lowest BCUT2D eigenvalue weighted by Crippen LogP contribution is -2.23. The topological polar surface area (TPSA) is 30.5 Å². The van der Waals surface area contributed by atoms with Crippen LogP contribution in [0.4, 0.5) is 0 Å². The van der Waals surface area contributed by atoms with Gasteiger partial charge in [-0.2, -0.15) is 0 Å². The Morgan fingerprint density at radius 2 is 1.90 bits per heavy atom. The first-order valence-corrected chi connectivity index (χ1v) is 7.66. The SMILES string of the molecule is COCc1cccc(OCCCCCCNC(C)C)c1. The second kappa shape index (κ2) is 10.7. The number of benzene rings is 1. The zero-order valence-corrected chi connectivity index (χ0v) is 13.2. The summed E-state index contributed by atoms with van der Waals surface area (Å²) in [5.74, 6) is 0.945. The standard InChI is InChI=1S/C17H29NO2/c1-15(2)18-11-6-4-5-7-12-20-17-10-8-9-16(13-17)14-19-3/h8-10,13,15,18H,4-7,11-12,14H2,1-3H3. The van der Waals surface area contributed by atoms with Crippen LogP contribution in [0.3, 0.4) is 0 Å². The van der Waals surface area contributed by atoms with Crippen LogP contribution in [-0.2, 0) is 11.3 Å². The molecule has 0 saturated heterocycles. The number of rotatable bonds is 11. The summed E-state index contributed by atoms with van der Waals surface area (Å²) < 4.78 is 10.9. The molecular formula is C17H29NO2. The molecule has 1 N–H and O–H groups in total. The van der Waals surface area contributed by atoms with Gasteiger partial charge in [0.1, 0.15) is 5.75 Å². The molecule has 114 valence electrons. The molecule has 0 aliphatic heterocycles. The summed E-state index contributed by atoms with van der Waals surface area (Å²) >= 11 is 0. The van der Waals surface area contributed by atoms with Crippen molar-refractivity contribution in [2.24, 2.45) is 0 Å². The van der Waals surface area contributed by atoms with E-state index in [1.807, 2.05) is 12.1 Å². The van der Waals surface area contributed by atoms with Crippen molar-refractivity contribution in [2.45, 2.75) is 52.2 Å². The van der Waals surface area contributed by atoms with Gasteiger partial charge in [-0.3, -0.25) is 0 Å². The maximum absolute atomic E-state index is 5.77. The molecule has 3 nitrogen and oxygen atoms in total. The first-order valence-electron chi connectivity index (χ1n) is 7.66. The molecular weight excluding hydrogens is 250 g/mol. The molecule has 0 spiro atoms. The van der Waals surface area contributed by atoms with Gasteiger partial charge in [0.15, 0.2) is 0 Å². The number of unbranched alkanes of at least 4 members (excludes halogenated alkanes) is 3. The van der Waals surface area contributed by atoms with Crippen molar-refractivity contribution < 1.29 is 9.47 Å². The summed E-state index contributed by atoms with van der Waals surface area (Å²) in [7, 11) is 1.71. The lowest BCUT2D eigenvalue weighted by Gasteiger charge is -2.09. The highest BCUT2D eigenvalue weighted by molar-refractivity contribution is 5.28. The number of hydrogen-bond donors (Lipinski definition) is 1. The number of methoxy groups -OCH3 is 1. The molecule has 0 aliphatic carbocycles. The molecule has 0 bridgehead atoms. The monoisotopic (exact) mass is 279 g/mol. The van der Waals surface area contributed by atoms with Gasteiger partial charge in [0.05, 0.1) is 13.2 Å². The zero-order valence-electron chi connectivity index (χ0n) is 13.2. The Bertz CT molecular complexity index is 353. The largest absolute Gasteiger partial charge is 0.494 e. The van der Waals surface area contributed by atoms with Crippen LogP contribution in [0.1, 0.15) is 45.1 Å². The van der Waals surface area contributed by atoms with Gasteiger partial charge < -0.3 is 14.8 Å². The Kier molecular flexibility index (Phi) is 9.09. The third kappa shape index (κ3) is 8.18. The van der Waals surface area contributed by atoms with Crippen molar-refractivity contribution in [3.63, 3.8) is 0 Å². The van der Waals surface area contributed by atoms with E-state index in [9.17, 15) is 0 Å². The molecule has 0 heterocycles. The van der Waals surface area contributed by atoms with Crippen molar-refractivity contribution in [1.29, 1.82) is 0 Å². The Morgan fingerprint density at radius 3 is 2.65 bits per heavy atom. The van der Waals surface area contributed by atoms with E-state index in [4.69, 9.17) is 9.47 Å². The van der Waals surface area contributed by atoms with Gasteiger partial charge in [0.25, 0.3) is 0 Å². The van der Waals surface area contributed by atoms with Gasteiger partial charge in [0, 0.05) is 13.2 Å². The molecule has 0 amide bonds. The fraction of sp³-hybridized carbons (Fsp3) is 0.647. The average Bonchev–Trinajstić information content (AvgIpc) is 2.42. The van der Waals surface area contributed by atoms with Crippen LogP contribution >= 0.6 is 0 Å². The lowest BCUT2D eigenvalue weighted by molar-refractivity contribution is 0.184. The molecule has 20 heavy (non-hydrogen) atoms. The Morgan fingerprint density at radius 1 is 1.10 bits per heavy atom. The van der Waals surface area contributed by atoms with Gasteiger partial charge in [-0.05, 0) is 37.1 Å². The number of ether oxygens (including phenoxy) is 2. The number of hydrogen-bond acceptors (Lipinski definition) is 3. The van der Waals surface area contributed by atoms with Gasteiger partial charge in [-0.1, -0.05) is 38.8 Å². The van der Waals surface area contributed by atoms with E-state index < -0.39 is 0 Å². The Labute approximate surface area is 123 Å². The second-order valence-electron chi connectivity index (χ2n) is 5.45. The van der Waals surface area contributed by atoms with Crippen LogP contribution in [0.2, 0.25) is 0 Å². The van der Waals surface area contributed by atoms with Gasteiger partial charge >= 0.3 is 0 Å². The Hall–Kier alpha value is -1.06. The molecule has 1 rings (SSSR count). The van der Waals surface area contributed by atoms with Crippen molar-refractivity contribution in [3.05, 3.63) is 29.8 Å². The van der Waals surface area contributed by atoms with E-state index in [1.54, 1.807) is 7.11 Å². The summed E-state index contributed by atoms with van der Waals surface area (Å²) in [4.78, 5) is 0. The predicted molar refractivity (Wildman–Crippen MR) is 84.3 cm³/mol. The van der Waals surface area contributed by atoms with Crippen LogP contribution in [0, 0.1) is 0 Å². The van der Waals surface area contributed by atoms with Gasteiger partial charge in [-0.25, -0.2) is 0 Å². The minimum atomic E-state index is 0.595. The highest BCUT2D eigenvalue weighted by atomic mass is 16.5. The van der Waals surface area contributed by atoms with Crippen molar-refractivity contribution in [2.75, 3.05) is 20.3 Å². The van der Waals surface area contributed by atoms with E-state index in [2.05, 4.69) is 31.3 Å². The van der Waals surface area contributed by atoms with E-state index >= 15 is 0 Å². The van der Waals surface area contributed by atoms with Crippen molar-refractivity contribution in [1.82, 2.24) is 5.32 Å². The first kappa shape index (κ1) is 17.0. The molecule has 0 radical (unpaired) electrons.